The highest BCUT2D eigenvalue weighted by Gasteiger charge is 2.35. The minimum atomic E-state index is 0.0609. The summed E-state index contributed by atoms with van der Waals surface area (Å²) in [7, 11) is 0. The number of hydrogen-bond acceptors (Lipinski definition) is 3. The zero-order valence-corrected chi connectivity index (χ0v) is 13.8. The Morgan fingerprint density at radius 1 is 1.40 bits per heavy atom. The molecule has 1 saturated heterocycles. The molecule has 2 N–H and O–H groups in total. The van der Waals surface area contributed by atoms with Crippen molar-refractivity contribution in [3.05, 3.63) is 21.9 Å². The SMILES string of the molecule is CCCN1C(=O)CCC(N)C1c1ccc(C(C)(C)C)s1. The van der Waals surface area contributed by atoms with Gasteiger partial charge in [-0.2, -0.15) is 0 Å². The van der Waals surface area contributed by atoms with Crippen molar-refractivity contribution in [2.24, 2.45) is 5.73 Å². The smallest absolute Gasteiger partial charge is 0.223 e. The predicted molar refractivity (Wildman–Crippen MR) is 85.0 cm³/mol. The van der Waals surface area contributed by atoms with Gasteiger partial charge in [-0.05, 0) is 30.4 Å². The molecule has 1 aromatic heterocycles. The maximum atomic E-state index is 12.2. The molecule has 0 radical (unpaired) electrons. The Balaban J connectivity index is 2.31. The number of nitrogens with two attached hydrogens (primary N) is 1. The molecule has 1 aromatic rings. The van der Waals surface area contributed by atoms with Gasteiger partial charge < -0.3 is 10.6 Å². The average Bonchev–Trinajstić information content (AvgIpc) is 2.83. The lowest BCUT2D eigenvalue weighted by Gasteiger charge is -2.39. The molecule has 3 nitrogen and oxygen atoms in total. The number of amides is 1. The maximum absolute atomic E-state index is 12.2. The largest absolute Gasteiger partial charge is 0.333 e. The first-order valence-electron chi connectivity index (χ1n) is 7.50. The van der Waals surface area contributed by atoms with Gasteiger partial charge in [0.25, 0.3) is 0 Å². The van der Waals surface area contributed by atoms with Crippen LogP contribution >= 0.6 is 11.3 Å². The van der Waals surface area contributed by atoms with Gasteiger partial charge in [0.1, 0.15) is 0 Å². The Kier molecular flexibility index (Phi) is 4.55. The summed E-state index contributed by atoms with van der Waals surface area (Å²) in [5.74, 6) is 0.254. The summed E-state index contributed by atoms with van der Waals surface area (Å²) in [5.41, 5.74) is 6.48. The fourth-order valence-corrected chi connectivity index (χ4v) is 4.02. The molecule has 112 valence electrons. The number of likely N-dealkylation sites (tertiary alicyclic amines) is 1. The van der Waals surface area contributed by atoms with Crippen LogP contribution in [0.5, 0.6) is 0 Å². The van der Waals surface area contributed by atoms with Gasteiger partial charge in [0.15, 0.2) is 0 Å². The lowest BCUT2D eigenvalue weighted by Crippen LogP contribution is -2.48. The van der Waals surface area contributed by atoms with Crippen molar-refractivity contribution in [2.45, 2.75) is 64.5 Å². The molecule has 0 spiro atoms. The second-order valence-corrected chi connectivity index (χ2v) is 7.80. The summed E-state index contributed by atoms with van der Waals surface area (Å²) >= 11 is 1.81. The van der Waals surface area contributed by atoms with E-state index in [0.29, 0.717) is 6.42 Å². The normalized spacial score (nSPS) is 24.2. The van der Waals surface area contributed by atoms with Crippen LogP contribution in [0.25, 0.3) is 0 Å². The maximum Gasteiger partial charge on any atom is 0.223 e. The number of carbonyl (C=O) groups is 1. The summed E-state index contributed by atoms with van der Waals surface area (Å²) in [4.78, 5) is 16.8. The number of piperidine rings is 1. The molecular formula is C16H26N2OS. The van der Waals surface area contributed by atoms with Crippen molar-refractivity contribution < 1.29 is 4.79 Å². The molecule has 0 aromatic carbocycles. The van der Waals surface area contributed by atoms with Crippen molar-refractivity contribution in [3.63, 3.8) is 0 Å². The van der Waals surface area contributed by atoms with Gasteiger partial charge in [-0.15, -0.1) is 11.3 Å². The van der Waals surface area contributed by atoms with Gasteiger partial charge in [0.2, 0.25) is 5.91 Å². The lowest BCUT2D eigenvalue weighted by molar-refractivity contribution is -0.137. The molecular weight excluding hydrogens is 268 g/mol. The molecule has 0 saturated carbocycles. The highest BCUT2D eigenvalue weighted by Crippen LogP contribution is 2.38. The number of hydrogen-bond donors (Lipinski definition) is 1. The third-order valence-corrected chi connectivity index (χ3v) is 5.46. The Morgan fingerprint density at radius 3 is 2.65 bits per heavy atom. The zero-order chi connectivity index (χ0) is 14.9. The molecule has 1 aliphatic heterocycles. The van der Waals surface area contributed by atoms with Gasteiger partial charge >= 0.3 is 0 Å². The molecule has 2 rings (SSSR count). The van der Waals surface area contributed by atoms with E-state index in [-0.39, 0.29) is 23.4 Å². The van der Waals surface area contributed by atoms with Gasteiger partial charge in [-0.25, -0.2) is 0 Å². The number of rotatable bonds is 3. The van der Waals surface area contributed by atoms with E-state index < -0.39 is 0 Å². The predicted octanol–water partition coefficient (Wildman–Crippen LogP) is 3.45. The van der Waals surface area contributed by atoms with Crippen LogP contribution in [0.4, 0.5) is 0 Å². The number of nitrogens with zero attached hydrogens (tertiary/aromatic N) is 1. The first-order valence-corrected chi connectivity index (χ1v) is 8.31. The Bertz CT molecular complexity index is 475. The Labute approximate surface area is 126 Å². The van der Waals surface area contributed by atoms with Gasteiger partial charge in [-0.1, -0.05) is 27.7 Å². The second-order valence-electron chi connectivity index (χ2n) is 6.69. The van der Waals surface area contributed by atoms with Crippen LogP contribution in [0.3, 0.4) is 0 Å². The summed E-state index contributed by atoms with van der Waals surface area (Å²) < 4.78 is 0. The van der Waals surface area contributed by atoms with Crippen molar-refractivity contribution in [1.29, 1.82) is 0 Å². The van der Waals surface area contributed by atoms with E-state index in [1.807, 2.05) is 16.2 Å². The molecule has 2 unspecified atom stereocenters. The molecule has 1 amide bonds. The molecule has 0 aliphatic carbocycles. The number of carbonyl (C=O) groups excluding carboxylic acids is 1. The topological polar surface area (TPSA) is 46.3 Å². The standard InChI is InChI=1S/C16H26N2OS/c1-5-10-18-14(19)9-6-11(17)15(18)12-7-8-13(20-12)16(2,3)4/h7-8,11,15H,5-6,9-10,17H2,1-4H3. The van der Waals surface area contributed by atoms with Gasteiger partial charge in [0, 0.05) is 28.8 Å². The quantitative estimate of drug-likeness (QED) is 0.928. The van der Waals surface area contributed by atoms with Gasteiger partial charge in [-0.3, -0.25) is 4.79 Å². The van der Waals surface area contributed by atoms with E-state index >= 15 is 0 Å². The summed E-state index contributed by atoms with van der Waals surface area (Å²) in [6.45, 7) is 9.58. The minimum Gasteiger partial charge on any atom is -0.333 e. The second kappa shape index (κ2) is 5.86. The van der Waals surface area contributed by atoms with E-state index in [4.69, 9.17) is 5.73 Å². The highest BCUT2D eigenvalue weighted by atomic mass is 32.1. The van der Waals surface area contributed by atoms with Crippen LogP contribution < -0.4 is 5.73 Å². The zero-order valence-electron chi connectivity index (χ0n) is 13.0. The molecule has 20 heavy (non-hydrogen) atoms. The Morgan fingerprint density at radius 2 is 2.10 bits per heavy atom. The summed E-state index contributed by atoms with van der Waals surface area (Å²) in [6, 6.07) is 4.48. The third-order valence-electron chi connectivity index (χ3n) is 3.88. The lowest BCUT2D eigenvalue weighted by atomic mass is 9.93. The first-order chi connectivity index (χ1) is 9.34. The number of thiophene rings is 1. The average molecular weight is 294 g/mol. The van der Waals surface area contributed by atoms with Crippen molar-refractivity contribution in [1.82, 2.24) is 4.90 Å². The van der Waals surface area contributed by atoms with E-state index in [1.165, 1.54) is 9.75 Å². The molecule has 1 aliphatic rings. The monoisotopic (exact) mass is 294 g/mol. The van der Waals surface area contributed by atoms with E-state index in [1.54, 1.807) is 0 Å². The van der Waals surface area contributed by atoms with Crippen LogP contribution in [0.1, 0.15) is 62.8 Å². The first kappa shape index (κ1) is 15.5. The third kappa shape index (κ3) is 3.07. The fraction of sp³-hybridized carbons (Fsp3) is 0.688. The van der Waals surface area contributed by atoms with E-state index in [0.717, 1.165) is 19.4 Å². The van der Waals surface area contributed by atoms with Crippen LogP contribution in [0.15, 0.2) is 12.1 Å². The minimum absolute atomic E-state index is 0.0609. The molecule has 1 fully saturated rings. The van der Waals surface area contributed by atoms with Crippen LogP contribution in [0.2, 0.25) is 0 Å². The Hall–Kier alpha value is -0.870. The van der Waals surface area contributed by atoms with Crippen molar-refractivity contribution in [2.75, 3.05) is 6.54 Å². The fourth-order valence-electron chi connectivity index (χ4n) is 2.76. The van der Waals surface area contributed by atoms with Crippen molar-refractivity contribution in [3.8, 4) is 0 Å². The van der Waals surface area contributed by atoms with E-state index in [9.17, 15) is 4.79 Å². The molecule has 0 bridgehead atoms. The van der Waals surface area contributed by atoms with Crippen LogP contribution in [-0.4, -0.2) is 23.4 Å². The van der Waals surface area contributed by atoms with E-state index in [2.05, 4.69) is 39.8 Å². The summed E-state index contributed by atoms with van der Waals surface area (Å²) in [6.07, 6.45) is 2.37. The molecule has 2 heterocycles. The molecule has 4 heteroatoms. The highest BCUT2D eigenvalue weighted by molar-refractivity contribution is 7.12. The van der Waals surface area contributed by atoms with Crippen LogP contribution in [0, 0.1) is 0 Å². The van der Waals surface area contributed by atoms with Crippen LogP contribution in [-0.2, 0) is 10.2 Å². The van der Waals surface area contributed by atoms with Gasteiger partial charge in [0.05, 0.1) is 6.04 Å². The van der Waals surface area contributed by atoms with Crippen molar-refractivity contribution >= 4 is 17.2 Å². The molecule has 2 atom stereocenters. The summed E-state index contributed by atoms with van der Waals surface area (Å²) in [5, 5.41) is 0.